The lowest BCUT2D eigenvalue weighted by Crippen LogP contribution is -2.49. The van der Waals surface area contributed by atoms with Gasteiger partial charge in [-0.1, -0.05) is 48.5 Å². The van der Waals surface area contributed by atoms with Crippen molar-refractivity contribution in [2.75, 3.05) is 12.4 Å². The highest BCUT2D eigenvalue weighted by atomic mass is 16.5. The number of aliphatic carboxylic acids is 1. The first kappa shape index (κ1) is 21.5. The molecule has 3 atom stereocenters. The Morgan fingerprint density at radius 2 is 1.68 bits per heavy atom. The number of methoxy groups -OCH3 is 1. The second kappa shape index (κ2) is 8.24. The van der Waals surface area contributed by atoms with E-state index in [0.717, 1.165) is 0 Å². The summed E-state index contributed by atoms with van der Waals surface area (Å²) >= 11 is 0. The molecule has 2 heterocycles. The first-order chi connectivity index (χ1) is 16.4. The van der Waals surface area contributed by atoms with Crippen LogP contribution >= 0.6 is 0 Å². The SMILES string of the molecule is COc1ccc(-c2[nH]nc3c2C(O)(C(=O)O)C(c2ccccc2)C(c2ccccc2O)N3)cc1. The number of aromatic hydroxyl groups is 1. The molecule has 0 radical (unpaired) electrons. The summed E-state index contributed by atoms with van der Waals surface area (Å²) < 4.78 is 5.22. The Hall–Kier alpha value is -4.30. The number of carboxylic acid groups (broad SMARTS) is 1. The normalized spacial score (nSPS) is 21.4. The minimum absolute atomic E-state index is 0.0111. The molecule has 8 nitrogen and oxygen atoms in total. The summed E-state index contributed by atoms with van der Waals surface area (Å²) in [6.45, 7) is 0. The third-order valence-electron chi connectivity index (χ3n) is 6.36. The molecule has 8 heteroatoms. The number of H-pyrrole nitrogens is 1. The zero-order valence-corrected chi connectivity index (χ0v) is 18.3. The molecule has 0 bridgehead atoms. The van der Waals surface area contributed by atoms with Gasteiger partial charge in [-0.05, 0) is 35.9 Å². The highest BCUT2D eigenvalue weighted by Gasteiger charge is 2.57. The van der Waals surface area contributed by atoms with Gasteiger partial charge in [-0.15, -0.1) is 0 Å². The number of phenolic OH excluding ortho intramolecular Hbond substituents is 1. The molecule has 1 aliphatic heterocycles. The molecule has 0 amide bonds. The van der Waals surface area contributed by atoms with Gasteiger partial charge in [0.25, 0.3) is 0 Å². The van der Waals surface area contributed by atoms with E-state index in [0.29, 0.717) is 28.1 Å². The lowest BCUT2D eigenvalue weighted by atomic mass is 9.68. The van der Waals surface area contributed by atoms with E-state index in [2.05, 4.69) is 15.5 Å². The van der Waals surface area contributed by atoms with Gasteiger partial charge in [-0.25, -0.2) is 4.79 Å². The molecule has 0 spiro atoms. The number of nitrogens with one attached hydrogen (secondary N) is 2. The number of hydrogen-bond donors (Lipinski definition) is 5. The second-order valence-electron chi connectivity index (χ2n) is 8.19. The van der Waals surface area contributed by atoms with Gasteiger partial charge >= 0.3 is 5.97 Å². The Bertz CT molecular complexity index is 1340. The van der Waals surface area contributed by atoms with Gasteiger partial charge in [0.05, 0.1) is 30.3 Å². The Balaban J connectivity index is 1.76. The first-order valence-corrected chi connectivity index (χ1v) is 10.7. The number of aromatic amines is 1. The molecule has 0 saturated carbocycles. The first-order valence-electron chi connectivity index (χ1n) is 10.7. The van der Waals surface area contributed by atoms with Gasteiger partial charge in [0.15, 0.2) is 5.82 Å². The number of benzene rings is 3. The molecule has 4 aromatic rings. The van der Waals surface area contributed by atoms with Crippen molar-refractivity contribution >= 4 is 11.8 Å². The number of phenols is 1. The maximum Gasteiger partial charge on any atom is 0.341 e. The molecule has 1 aliphatic rings. The van der Waals surface area contributed by atoms with E-state index < -0.39 is 23.5 Å². The predicted octanol–water partition coefficient (Wildman–Crippen LogP) is 4.01. The van der Waals surface area contributed by atoms with Gasteiger partial charge in [-0.2, -0.15) is 5.10 Å². The van der Waals surface area contributed by atoms with Gasteiger partial charge in [0, 0.05) is 11.1 Å². The third-order valence-corrected chi connectivity index (χ3v) is 6.36. The minimum atomic E-state index is -2.36. The van der Waals surface area contributed by atoms with Crippen LogP contribution in [0.4, 0.5) is 5.82 Å². The number of carboxylic acids is 1. The quantitative estimate of drug-likeness (QED) is 0.306. The van der Waals surface area contributed by atoms with Crippen LogP contribution in [0.2, 0.25) is 0 Å². The maximum atomic E-state index is 12.9. The van der Waals surface area contributed by atoms with E-state index in [1.807, 2.05) is 6.07 Å². The second-order valence-corrected chi connectivity index (χ2v) is 8.19. The zero-order valence-electron chi connectivity index (χ0n) is 18.3. The number of aromatic nitrogens is 2. The predicted molar refractivity (Wildman–Crippen MR) is 126 cm³/mol. The van der Waals surface area contributed by atoms with Crippen molar-refractivity contribution in [1.82, 2.24) is 10.2 Å². The largest absolute Gasteiger partial charge is 0.508 e. The average Bonchev–Trinajstić information content (AvgIpc) is 3.29. The van der Waals surface area contributed by atoms with E-state index in [1.54, 1.807) is 73.8 Å². The summed E-state index contributed by atoms with van der Waals surface area (Å²) in [7, 11) is 1.56. The van der Waals surface area contributed by atoms with E-state index in [9.17, 15) is 20.1 Å². The molecular weight excluding hydrogens is 434 g/mol. The van der Waals surface area contributed by atoms with Crippen molar-refractivity contribution in [2.24, 2.45) is 0 Å². The van der Waals surface area contributed by atoms with Crippen molar-refractivity contribution in [1.29, 1.82) is 0 Å². The number of carbonyl (C=O) groups is 1. The van der Waals surface area contributed by atoms with E-state index in [1.165, 1.54) is 6.07 Å². The highest BCUT2D eigenvalue weighted by Crippen LogP contribution is 2.55. The number of para-hydroxylation sites is 1. The summed E-state index contributed by atoms with van der Waals surface area (Å²) in [5.41, 5.74) is -0.158. The number of ether oxygens (including phenoxy) is 1. The van der Waals surface area contributed by atoms with E-state index in [4.69, 9.17) is 4.74 Å². The van der Waals surface area contributed by atoms with Gasteiger partial charge < -0.3 is 25.4 Å². The number of anilines is 1. The zero-order chi connectivity index (χ0) is 23.9. The number of nitrogens with zero attached hydrogens (tertiary/aromatic N) is 1. The molecule has 3 unspecified atom stereocenters. The van der Waals surface area contributed by atoms with Crippen LogP contribution in [0.3, 0.4) is 0 Å². The van der Waals surface area contributed by atoms with E-state index >= 15 is 0 Å². The summed E-state index contributed by atoms with van der Waals surface area (Å²) in [5, 5.41) is 43.6. The smallest absolute Gasteiger partial charge is 0.341 e. The monoisotopic (exact) mass is 457 g/mol. The van der Waals surface area contributed by atoms with E-state index in [-0.39, 0.29) is 17.1 Å². The Morgan fingerprint density at radius 3 is 2.32 bits per heavy atom. The standard InChI is InChI=1S/C26H23N3O5/c1-34-17-13-11-16(12-14-17)22-21-24(29-28-22)27-23(18-9-5-6-10-19(18)30)20(26(21,33)25(31)32)15-7-3-2-4-8-15/h2-14,20,23,30,33H,1H3,(H,31,32)(H2,27,28,29). The fraction of sp³-hybridized carbons (Fsp3) is 0.154. The number of rotatable bonds is 5. The summed E-state index contributed by atoms with van der Waals surface area (Å²) in [6, 6.07) is 21.9. The topological polar surface area (TPSA) is 128 Å². The van der Waals surface area contributed by atoms with Gasteiger partial charge in [0.1, 0.15) is 11.5 Å². The summed E-state index contributed by atoms with van der Waals surface area (Å²) in [6.07, 6.45) is 0. The van der Waals surface area contributed by atoms with Crippen LogP contribution in [0.1, 0.15) is 28.7 Å². The van der Waals surface area contributed by atoms with Crippen molar-refractivity contribution < 1.29 is 24.9 Å². The molecule has 5 N–H and O–H groups in total. The highest BCUT2D eigenvalue weighted by molar-refractivity contribution is 5.89. The Labute approximate surface area is 195 Å². The molecule has 5 rings (SSSR count). The van der Waals surface area contributed by atoms with Gasteiger partial charge in [0.2, 0.25) is 5.60 Å². The molecule has 1 aromatic heterocycles. The van der Waals surface area contributed by atoms with Crippen molar-refractivity contribution in [3.05, 3.63) is 95.6 Å². The van der Waals surface area contributed by atoms with Crippen molar-refractivity contribution in [3.63, 3.8) is 0 Å². The van der Waals surface area contributed by atoms with Crippen LogP contribution in [-0.4, -0.2) is 38.6 Å². The maximum absolute atomic E-state index is 12.9. The van der Waals surface area contributed by atoms with Crippen LogP contribution in [0, 0.1) is 0 Å². The Kier molecular flexibility index (Phi) is 5.22. The summed E-state index contributed by atoms with van der Waals surface area (Å²) in [5.74, 6) is -1.56. The lowest BCUT2D eigenvalue weighted by Gasteiger charge is -2.43. The van der Waals surface area contributed by atoms with Gasteiger partial charge in [-0.3, -0.25) is 5.10 Å². The number of hydrogen-bond acceptors (Lipinski definition) is 6. The lowest BCUT2D eigenvalue weighted by molar-refractivity contribution is -0.163. The molecule has 0 aliphatic carbocycles. The van der Waals surface area contributed by atoms with Crippen molar-refractivity contribution in [2.45, 2.75) is 17.6 Å². The fourth-order valence-electron chi connectivity index (χ4n) is 4.75. The molecule has 34 heavy (non-hydrogen) atoms. The number of aliphatic hydroxyl groups is 1. The number of fused-ring (bicyclic) bond motifs is 1. The van der Waals surface area contributed by atoms with Crippen LogP contribution < -0.4 is 10.1 Å². The van der Waals surface area contributed by atoms with Crippen molar-refractivity contribution in [3.8, 4) is 22.8 Å². The van der Waals surface area contributed by atoms with Crippen LogP contribution in [0.15, 0.2) is 78.9 Å². The van der Waals surface area contributed by atoms with Crippen LogP contribution in [0.25, 0.3) is 11.3 Å². The molecule has 172 valence electrons. The van der Waals surface area contributed by atoms with Crippen LogP contribution in [0.5, 0.6) is 11.5 Å². The summed E-state index contributed by atoms with van der Waals surface area (Å²) in [4.78, 5) is 12.9. The molecular formula is C26H23N3O5. The average molecular weight is 457 g/mol. The van der Waals surface area contributed by atoms with Crippen LogP contribution in [-0.2, 0) is 10.4 Å². The molecule has 3 aromatic carbocycles. The molecule has 0 saturated heterocycles. The minimum Gasteiger partial charge on any atom is -0.508 e. The fourth-order valence-corrected chi connectivity index (χ4v) is 4.75. The molecule has 0 fully saturated rings. The Morgan fingerprint density at radius 1 is 1.00 bits per heavy atom. The third kappa shape index (κ3) is 3.27.